The Hall–Kier alpha value is -3.46. The fourth-order valence-electron chi connectivity index (χ4n) is 2.76. The van der Waals surface area contributed by atoms with Crippen LogP contribution < -0.4 is 20.9 Å². The topological polar surface area (TPSA) is 106 Å². The fraction of sp³-hybridized carbons (Fsp3) is 0.304. The van der Waals surface area contributed by atoms with E-state index in [1.165, 1.54) is 0 Å². The normalized spacial score (nSPS) is 10.1. The van der Waals surface area contributed by atoms with Crippen molar-refractivity contribution in [2.75, 3.05) is 13.2 Å². The molecule has 2 aromatic rings. The molecule has 0 aliphatic carbocycles. The van der Waals surface area contributed by atoms with Gasteiger partial charge in [0.1, 0.15) is 5.75 Å². The third kappa shape index (κ3) is 9.13. The van der Waals surface area contributed by atoms with E-state index in [1.54, 1.807) is 0 Å². The molecule has 0 bridgehead atoms. The number of carbonyl (C=O) groups excluding carboxylic acids is 3. The first-order valence-corrected chi connectivity index (χ1v) is 10.5. The first-order chi connectivity index (χ1) is 15.3. The van der Waals surface area contributed by atoms with Crippen molar-refractivity contribution in [2.24, 2.45) is 0 Å². The summed E-state index contributed by atoms with van der Waals surface area (Å²) in [6, 6.07) is 15.3. The number of hydrazine groups is 1. The van der Waals surface area contributed by atoms with Gasteiger partial charge in [-0.2, -0.15) is 0 Å². The number of ether oxygens (including phenoxy) is 2. The summed E-state index contributed by atoms with van der Waals surface area (Å²) < 4.78 is 10.7. The van der Waals surface area contributed by atoms with Crippen LogP contribution in [0.25, 0.3) is 0 Å². The Bertz CT molecular complexity index is 930. The van der Waals surface area contributed by atoms with Crippen molar-refractivity contribution in [3.63, 3.8) is 0 Å². The van der Waals surface area contributed by atoms with E-state index in [0.717, 1.165) is 16.7 Å². The molecule has 0 saturated heterocycles. The van der Waals surface area contributed by atoms with Crippen LogP contribution in [-0.4, -0.2) is 36.1 Å². The molecule has 0 heterocycles. The van der Waals surface area contributed by atoms with Gasteiger partial charge in [0.25, 0.3) is 5.91 Å². The van der Waals surface area contributed by atoms with Gasteiger partial charge in [0.15, 0.2) is 11.7 Å². The number of hydrogen-bond donors (Lipinski definition) is 3. The minimum Gasteiger partial charge on any atom is -0.483 e. The molecule has 0 aliphatic rings. The highest BCUT2D eigenvalue weighted by molar-refractivity contribution is 7.80. The summed E-state index contributed by atoms with van der Waals surface area (Å²) in [7, 11) is 0. The van der Waals surface area contributed by atoms with E-state index in [1.807, 2.05) is 62.4 Å². The maximum absolute atomic E-state index is 11.9. The van der Waals surface area contributed by atoms with Gasteiger partial charge in [-0.1, -0.05) is 48.5 Å². The minimum atomic E-state index is -0.469. The second-order valence-corrected chi connectivity index (χ2v) is 7.42. The van der Waals surface area contributed by atoms with Gasteiger partial charge in [0, 0.05) is 12.8 Å². The second-order valence-electron chi connectivity index (χ2n) is 7.02. The van der Waals surface area contributed by atoms with E-state index in [9.17, 15) is 14.4 Å². The van der Waals surface area contributed by atoms with E-state index in [0.29, 0.717) is 12.2 Å². The Labute approximate surface area is 192 Å². The summed E-state index contributed by atoms with van der Waals surface area (Å²) in [5.41, 5.74) is 7.68. The summed E-state index contributed by atoms with van der Waals surface area (Å²) in [5, 5.41) is 2.29. The Morgan fingerprint density at radius 3 is 2.25 bits per heavy atom. The first-order valence-electron chi connectivity index (χ1n) is 10.1. The SMILES string of the molecule is Cc1cccc(C)c1OCC(=O)NNC(=S)NC(=O)CCC(=O)OCCc1ccccc1. The van der Waals surface area contributed by atoms with Crippen molar-refractivity contribution in [2.45, 2.75) is 33.1 Å². The summed E-state index contributed by atoms with van der Waals surface area (Å²) >= 11 is 4.96. The molecule has 0 aromatic heterocycles. The van der Waals surface area contributed by atoms with Gasteiger partial charge in [-0.3, -0.25) is 25.2 Å². The maximum Gasteiger partial charge on any atom is 0.306 e. The van der Waals surface area contributed by atoms with Crippen LogP contribution in [0.5, 0.6) is 5.75 Å². The Kier molecular flexibility index (Phi) is 10.1. The van der Waals surface area contributed by atoms with Crippen molar-refractivity contribution >= 4 is 35.1 Å². The van der Waals surface area contributed by atoms with Gasteiger partial charge in [0.05, 0.1) is 13.0 Å². The van der Waals surface area contributed by atoms with Crippen LogP contribution >= 0.6 is 12.2 Å². The molecule has 32 heavy (non-hydrogen) atoms. The first kappa shape index (κ1) is 24.8. The number of carbonyl (C=O) groups is 3. The molecule has 3 N–H and O–H groups in total. The largest absolute Gasteiger partial charge is 0.483 e. The number of esters is 1. The van der Waals surface area contributed by atoms with Crippen molar-refractivity contribution in [3.05, 3.63) is 65.2 Å². The lowest BCUT2D eigenvalue weighted by Crippen LogP contribution is -2.49. The van der Waals surface area contributed by atoms with Crippen LogP contribution in [0.4, 0.5) is 0 Å². The van der Waals surface area contributed by atoms with Crippen LogP contribution in [0, 0.1) is 13.8 Å². The predicted octanol–water partition coefficient (Wildman–Crippen LogP) is 2.27. The molecule has 9 heteroatoms. The van der Waals surface area contributed by atoms with Crippen LogP contribution in [0.15, 0.2) is 48.5 Å². The van der Waals surface area contributed by atoms with Gasteiger partial charge in [-0.25, -0.2) is 0 Å². The maximum atomic E-state index is 11.9. The molecular weight excluding hydrogens is 430 g/mol. The standard InChI is InChI=1S/C23H27N3O5S/c1-16-7-6-8-17(2)22(16)31-15-20(28)25-26-23(32)24-19(27)11-12-21(29)30-14-13-18-9-4-3-5-10-18/h3-10H,11-15H2,1-2H3,(H,25,28)(H2,24,26,27,32). The molecule has 0 saturated carbocycles. The van der Waals surface area contributed by atoms with Gasteiger partial charge < -0.3 is 14.8 Å². The minimum absolute atomic E-state index is 0.0702. The summed E-state index contributed by atoms with van der Waals surface area (Å²) in [4.78, 5) is 35.6. The van der Waals surface area contributed by atoms with Crippen LogP contribution in [0.1, 0.15) is 29.5 Å². The number of rotatable bonds is 9. The van der Waals surface area contributed by atoms with E-state index >= 15 is 0 Å². The molecule has 2 aromatic carbocycles. The number of nitrogens with one attached hydrogen (secondary N) is 3. The van der Waals surface area contributed by atoms with E-state index in [-0.39, 0.29) is 31.2 Å². The lowest BCUT2D eigenvalue weighted by Gasteiger charge is -2.13. The fourth-order valence-corrected chi connectivity index (χ4v) is 2.93. The molecule has 0 unspecified atom stereocenters. The quantitative estimate of drug-likeness (QED) is 0.301. The lowest BCUT2D eigenvalue weighted by atomic mass is 10.1. The third-order valence-electron chi connectivity index (χ3n) is 4.38. The molecule has 0 atom stereocenters. The molecule has 0 aliphatic heterocycles. The Balaban J connectivity index is 1.58. The zero-order chi connectivity index (χ0) is 23.3. The molecule has 0 radical (unpaired) electrons. The van der Waals surface area contributed by atoms with E-state index in [2.05, 4.69) is 16.2 Å². The number of aryl methyl sites for hydroxylation is 2. The van der Waals surface area contributed by atoms with E-state index in [4.69, 9.17) is 21.7 Å². The van der Waals surface area contributed by atoms with Gasteiger partial charge in [-0.15, -0.1) is 0 Å². The molecule has 2 amide bonds. The molecule has 2 rings (SSSR count). The Morgan fingerprint density at radius 1 is 0.875 bits per heavy atom. The summed E-state index contributed by atoms with van der Waals surface area (Å²) in [6.07, 6.45) is 0.453. The predicted molar refractivity (Wildman–Crippen MR) is 124 cm³/mol. The lowest BCUT2D eigenvalue weighted by molar-refractivity contribution is -0.144. The molecular formula is C23H27N3O5S. The van der Waals surface area contributed by atoms with Crippen molar-refractivity contribution in [3.8, 4) is 5.75 Å². The molecule has 170 valence electrons. The average molecular weight is 458 g/mol. The highest BCUT2D eigenvalue weighted by Gasteiger charge is 2.11. The molecule has 0 fully saturated rings. The van der Waals surface area contributed by atoms with Crippen molar-refractivity contribution in [1.29, 1.82) is 0 Å². The van der Waals surface area contributed by atoms with Gasteiger partial charge in [-0.05, 0) is 42.8 Å². The Morgan fingerprint density at radius 2 is 1.56 bits per heavy atom. The average Bonchev–Trinajstić information content (AvgIpc) is 2.76. The smallest absolute Gasteiger partial charge is 0.306 e. The summed E-state index contributed by atoms with van der Waals surface area (Å²) in [6.45, 7) is 3.81. The van der Waals surface area contributed by atoms with Crippen LogP contribution in [0.2, 0.25) is 0 Å². The molecule has 8 nitrogen and oxygen atoms in total. The molecule has 0 spiro atoms. The van der Waals surface area contributed by atoms with Gasteiger partial charge >= 0.3 is 5.97 Å². The number of amides is 2. The number of para-hydroxylation sites is 1. The van der Waals surface area contributed by atoms with Crippen LogP contribution in [-0.2, 0) is 25.5 Å². The monoisotopic (exact) mass is 457 g/mol. The highest BCUT2D eigenvalue weighted by atomic mass is 32.1. The van der Waals surface area contributed by atoms with Crippen molar-refractivity contribution in [1.82, 2.24) is 16.2 Å². The zero-order valence-corrected chi connectivity index (χ0v) is 18.9. The number of thiocarbonyl (C=S) groups is 1. The van der Waals surface area contributed by atoms with Crippen molar-refractivity contribution < 1.29 is 23.9 Å². The highest BCUT2D eigenvalue weighted by Crippen LogP contribution is 2.21. The number of hydrogen-bond acceptors (Lipinski definition) is 6. The second kappa shape index (κ2) is 13.1. The summed E-state index contributed by atoms with van der Waals surface area (Å²) in [5.74, 6) is -0.754. The van der Waals surface area contributed by atoms with E-state index < -0.39 is 17.8 Å². The van der Waals surface area contributed by atoms with Gasteiger partial charge in [0.2, 0.25) is 5.91 Å². The van der Waals surface area contributed by atoms with Crippen LogP contribution in [0.3, 0.4) is 0 Å². The zero-order valence-electron chi connectivity index (χ0n) is 18.1. The number of benzene rings is 2. The third-order valence-corrected chi connectivity index (χ3v) is 4.58.